The summed E-state index contributed by atoms with van der Waals surface area (Å²) in [6, 6.07) is 9.58. The van der Waals surface area contributed by atoms with E-state index in [-0.39, 0.29) is 5.78 Å². The summed E-state index contributed by atoms with van der Waals surface area (Å²) in [7, 11) is 0. The van der Waals surface area contributed by atoms with Gasteiger partial charge in [-0.05, 0) is 12.5 Å². The van der Waals surface area contributed by atoms with Crippen molar-refractivity contribution in [3.63, 3.8) is 0 Å². The van der Waals surface area contributed by atoms with Gasteiger partial charge in [0.1, 0.15) is 0 Å². The summed E-state index contributed by atoms with van der Waals surface area (Å²) >= 11 is 4.69. The maximum absolute atomic E-state index is 10.9. The van der Waals surface area contributed by atoms with Crippen LogP contribution in [0.4, 0.5) is 0 Å². The van der Waals surface area contributed by atoms with E-state index in [4.69, 9.17) is 12.2 Å². The molecule has 0 aliphatic carbocycles. The molecule has 1 N–H and O–H groups in total. The molecule has 0 saturated heterocycles. The van der Waals surface area contributed by atoms with E-state index in [1.54, 1.807) is 0 Å². The van der Waals surface area contributed by atoms with Gasteiger partial charge in [0.15, 0.2) is 5.78 Å². The van der Waals surface area contributed by atoms with Crippen molar-refractivity contribution in [1.82, 2.24) is 5.32 Å². The summed E-state index contributed by atoms with van der Waals surface area (Å²) in [6.45, 7) is 1.51. The summed E-state index contributed by atoms with van der Waals surface area (Å²) in [6.07, 6.45) is 1.53. The first kappa shape index (κ1) is 10.6. The van der Waals surface area contributed by atoms with E-state index in [9.17, 15) is 4.79 Å². The summed E-state index contributed by atoms with van der Waals surface area (Å²) in [5, 5.41) is 2.86. The summed E-state index contributed by atoms with van der Waals surface area (Å²) in [4.78, 5) is 10.9. The molecule has 1 rings (SSSR count). The van der Waals surface area contributed by atoms with Crippen molar-refractivity contribution in [2.24, 2.45) is 0 Å². The molecule has 72 valence electrons. The lowest BCUT2D eigenvalue weighted by Crippen LogP contribution is -2.09. The van der Waals surface area contributed by atoms with E-state index >= 15 is 0 Å². The minimum absolute atomic E-state index is 0.00629. The zero-order chi connectivity index (χ0) is 10.4. The second-order valence-electron chi connectivity index (χ2n) is 2.80. The highest BCUT2D eigenvalue weighted by atomic mass is 32.1. The largest absolute Gasteiger partial charge is 0.352 e. The molecule has 0 aromatic heterocycles. The maximum atomic E-state index is 10.9. The molecule has 14 heavy (non-hydrogen) atoms. The average Bonchev–Trinajstić information content (AvgIpc) is 2.18. The van der Waals surface area contributed by atoms with Gasteiger partial charge in [-0.1, -0.05) is 42.5 Å². The number of thiocarbonyl (C=S) groups is 1. The molecule has 0 aliphatic rings. The highest BCUT2D eigenvalue weighted by Gasteiger charge is 1.99. The van der Waals surface area contributed by atoms with Gasteiger partial charge in [0.2, 0.25) is 0 Å². The molecule has 0 amide bonds. The molecule has 0 aliphatic heterocycles. The van der Waals surface area contributed by atoms with Crippen LogP contribution in [0.5, 0.6) is 0 Å². The fourth-order valence-corrected chi connectivity index (χ4v) is 1.22. The van der Waals surface area contributed by atoms with Crippen LogP contribution in [-0.4, -0.2) is 11.3 Å². The topological polar surface area (TPSA) is 29.1 Å². The number of carbonyl (C=O) groups is 1. The fraction of sp³-hybridized carbons (Fsp3) is 0.0909. The van der Waals surface area contributed by atoms with Gasteiger partial charge in [-0.3, -0.25) is 4.79 Å². The van der Waals surface area contributed by atoms with E-state index < -0.39 is 0 Å². The number of allylic oxidation sites excluding steroid dienone is 1. The lowest BCUT2D eigenvalue weighted by atomic mass is 10.1. The number of ketones is 1. The minimum atomic E-state index is -0.00629. The van der Waals surface area contributed by atoms with Crippen LogP contribution in [0.25, 0.3) is 5.70 Å². The molecule has 0 fully saturated rings. The van der Waals surface area contributed by atoms with E-state index in [1.807, 2.05) is 30.3 Å². The summed E-state index contributed by atoms with van der Waals surface area (Å²) in [5.74, 6) is -0.00629. The van der Waals surface area contributed by atoms with Gasteiger partial charge < -0.3 is 5.32 Å². The second kappa shape index (κ2) is 5.29. The van der Waals surface area contributed by atoms with Gasteiger partial charge >= 0.3 is 0 Å². The van der Waals surface area contributed by atoms with Crippen molar-refractivity contribution >= 4 is 29.2 Å². The number of carbonyl (C=O) groups excluding carboxylic acids is 1. The van der Waals surface area contributed by atoms with Crippen LogP contribution in [0.1, 0.15) is 12.5 Å². The Labute approximate surface area is 88.6 Å². The monoisotopic (exact) mass is 205 g/mol. The number of hydrogen-bond acceptors (Lipinski definition) is 2. The van der Waals surface area contributed by atoms with Crippen molar-refractivity contribution in [2.75, 3.05) is 0 Å². The molecule has 1 aromatic carbocycles. The van der Waals surface area contributed by atoms with Crippen LogP contribution in [0.2, 0.25) is 0 Å². The Balaban J connectivity index is 3.00. The first-order valence-electron chi connectivity index (χ1n) is 4.22. The lowest BCUT2D eigenvalue weighted by molar-refractivity contribution is -0.112. The van der Waals surface area contributed by atoms with E-state index in [1.165, 1.54) is 18.5 Å². The Morgan fingerprint density at radius 1 is 1.36 bits per heavy atom. The Kier molecular flexibility index (Phi) is 4.01. The lowest BCUT2D eigenvalue weighted by Gasteiger charge is -2.05. The molecule has 3 heteroatoms. The third-order valence-electron chi connectivity index (χ3n) is 1.65. The van der Waals surface area contributed by atoms with Crippen LogP contribution in [0.3, 0.4) is 0 Å². The highest BCUT2D eigenvalue weighted by Crippen LogP contribution is 2.09. The van der Waals surface area contributed by atoms with Crippen LogP contribution >= 0.6 is 12.2 Å². The van der Waals surface area contributed by atoms with E-state index in [2.05, 4.69) is 5.32 Å². The molecular weight excluding hydrogens is 194 g/mol. The van der Waals surface area contributed by atoms with Gasteiger partial charge in [0.25, 0.3) is 0 Å². The molecule has 0 radical (unpaired) electrons. The number of benzene rings is 1. The third-order valence-corrected chi connectivity index (χ3v) is 1.76. The Bertz CT molecular complexity index is 357. The molecule has 0 spiro atoms. The van der Waals surface area contributed by atoms with Gasteiger partial charge in [0, 0.05) is 11.8 Å². The molecule has 0 saturated carbocycles. The Morgan fingerprint density at radius 3 is 2.50 bits per heavy atom. The van der Waals surface area contributed by atoms with Gasteiger partial charge in [0.05, 0.1) is 5.49 Å². The first-order valence-corrected chi connectivity index (χ1v) is 4.69. The molecule has 0 unspecified atom stereocenters. The minimum Gasteiger partial charge on any atom is -0.352 e. The highest BCUT2D eigenvalue weighted by molar-refractivity contribution is 7.78. The van der Waals surface area contributed by atoms with Crippen molar-refractivity contribution in [1.29, 1.82) is 0 Å². The van der Waals surface area contributed by atoms with Crippen molar-refractivity contribution in [2.45, 2.75) is 6.92 Å². The second-order valence-corrected chi connectivity index (χ2v) is 3.03. The smallest absolute Gasteiger partial charge is 0.154 e. The molecule has 2 nitrogen and oxygen atoms in total. The van der Waals surface area contributed by atoms with Crippen LogP contribution in [0, 0.1) is 0 Å². The number of nitrogens with one attached hydrogen (secondary N) is 1. The number of rotatable bonds is 4. The Morgan fingerprint density at radius 2 is 2.00 bits per heavy atom. The molecular formula is C11H11NOS. The van der Waals surface area contributed by atoms with Gasteiger partial charge in [-0.15, -0.1) is 0 Å². The van der Waals surface area contributed by atoms with E-state index in [0.29, 0.717) is 0 Å². The van der Waals surface area contributed by atoms with Crippen LogP contribution in [0.15, 0.2) is 36.4 Å². The predicted octanol–water partition coefficient (Wildman–Crippen LogP) is 2.16. The van der Waals surface area contributed by atoms with Gasteiger partial charge in [-0.25, -0.2) is 0 Å². The van der Waals surface area contributed by atoms with Crippen molar-refractivity contribution < 1.29 is 4.79 Å². The van der Waals surface area contributed by atoms with Gasteiger partial charge in [-0.2, -0.15) is 0 Å². The third kappa shape index (κ3) is 3.11. The van der Waals surface area contributed by atoms with Crippen LogP contribution in [-0.2, 0) is 4.79 Å². The summed E-state index contributed by atoms with van der Waals surface area (Å²) in [5.41, 5.74) is 3.07. The molecule has 0 bridgehead atoms. The first-order chi connectivity index (χ1) is 6.74. The zero-order valence-electron chi connectivity index (χ0n) is 7.86. The quantitative estimate of drug-likeness (QED) is 0.603. The predicted molar refractivity (Wildman–Crippen MR) is 61.9 cm³/mol. The zero-order valence-corrected chi connectivity index (χ0v) is 8.67. The fourth-order valence-electron chi connectivity index (χ4n) is 1.09. The molecule has 0 atom stereocenters. The SMILES string of the molecule is CC(=O)/C=C(\NC=S)c1ccccc1. The van der Waals surface area contributed by atoms with E-state index in [0.717, 1.165) is 11.3 Å². The summed E-state index contributed by atoms with van der Waals surface area (Å²) < 4.78 is 0. The normalized spacial score (nSPS) is 10.8. The van der Waals surface area contributed by atoms with Crippen molar-refractivity contribution in [3.05, 3.63) is 42.0 Å². The molecule has 0 heterocycles. The average molecular weight is 205 g/mol. The Hall–Kier alpha value is -1.48. The molecule has 1 aromatic rings. The maximum Gasteiger partial charge on any atom is 0.154 e. The number of hydrogen-bond donors (Lipinski definition) is 1. The standard InChI is InChI=1S/C11H11NOS/c1-9(13)7-11(12-8-14)10-5-3-2-4-6-10/h2-8H,1H3,(H,12,14)/b11-7-. The van der Waals surface area contributed by atoms with Crippen molar-refractivity contribution in [3.8, 4) is 0 Å². The van der Waals surface area contributed by atoms with Crippen LogP contribution < -0.4 is 5.32 Å².